The molecule has 19 heavy (non-hydrogen) atoms. The standard InChI is InChI=1S/C15H11BrFNO/c16-12(10-11-6-2-1-3-7-11)15(19)18-14-9-5-4-8-13(14)17/h1-10H,(H,18,19). The van der Waals surface area contributed by atoms with Gasteiger partial charge in [-0.05, 0) is 39.7 Å². The maximum Gasteiger partial charge on any atom is 0.262 e. The Morgan fingerprint density at radius 2 is 1.68 bits per heavy atom. The minimum atomic E-state index is -0.462. The molecular weight excluding hydrogens is 309 g/mol. The third-order valence-electron chi connectivity index (χ3n) is 2.43. The van der Waals surface area contributed by atoms with Gasteiger partial charge in [0, 0.05) is 0 Å². The Balaban J connectivity index is 2.12. The van der Waals surface area contributed by atoms with Gasteiger partial charge in [0.05, 0.1) is 10.2 Å². The van der Waals surface area contributed by atoms with E-state index in [0.29, 0.717) is 4.48 Å². The smallest absolute Gasteiger partial charge is 0.262 e. The molecule has 2 aromatic carbocycles. The van der Waals surface area contributed by atoms with E-state index < -0.39 is 11.7 Å². The molecule has 2 nitrogen and oxygen atoms in total. The number of halogens is 2. The molecule has 0 atom stereocenters. The van der Waals surface area contributed by atoms with E-state index in [9.17, 15) is 9.18 Å². The fraction of sp³-hybridized carbons (Fsp3) is 0. The molecule has 96 valence electrons. The first-order chi connectivity index (χ1) is 9.16. The van der Waals surface area contributed by atoms with E-state index in [1.807, 2.05) is 30.3 Å². The third kappa shape index (κ3) is 3.76. The molecule has 0 aromatic heterocycles. The van der Waals surface area contributed by atoms with Crippen molar-refractivity contribution in [3.8, 4) is 0 Å². The quantitative estimate of drug-likeness (QED) is 0.844. The van der Waals surface area contributed by atoms with Crippen molar-refractivity contribution in [2.75, 3.05) is 5.32 Å². The Bertz CT molecular complexity index is 611. The van der Waals surface area contributed by atoms with E-state index in [-0.39, 0.29) is 5.69 Å². The first-order valence-electron chi connectivity index (χ1n) is 5.65. The van der Waals surface area contributed by atoms with Gasteiger partial charge >= 0.3 is 0 Å². The Hall–Kier alpha value is -1.94. The van der Waals surface area contributed by atoms with Crippen LogP contribution in [-0.2, 0) is 4.79 Å². The number of nitrogens with one attached hydrogen (secondary N) is 1. The second-order valence-electron chi connectivity index (χ2n) is 3.84. The molecule has 2 aromatic rings. The highest BCUT2D eigenvalue weighted by atomic mass is 79.9. The predicted octanol–water partition coefficient (Wildman–Crippen LogP) is 4.20. The van der Waals surface area contributed by atoms with Crippen LogP contribution in [0.3, 0.4) is 0 Å². The topological polar surface area (TPSA) is 29.1 Å². The van der Waals surface area contributed by atoms with Crippen molar-refractivity contribution >= 4 is 33.6 Å². The van der Waals surface area contributed by atoms with E-state index in [4.69, 9.17) is 0 Å². The number of hydrogen-bond donors (Lipinski definition) is 1. The van der Waals surface area contributed by atoms with Crippen LogP contribution in [-0.4, -0.2) is 5.91 Å². The zero-order valence-corrected chi connectivity index (χ0v) is 11.5. The molecule has 0 saturated carbocycles. The summed E-state index contributed by atoms with van der Waals surface area (Å²) >= 11 is 3.19. The largest absolute Gasteiger partial charge is 0.319 e. The fourth-order valence-electron chi connectivity index (χ4n) is 1.51. The molecule has 0 radical (unpaired) electrons. The van der Waals surface area contributed by atoms with Gasteiger partial charge in [0.25, 0.3) is 5.91 Å². The fourth-order valence-corrected chi connectivity index (χ4v) is 1.87. The lowest BCUT2D eigenvalue weighted by Gasteiger charge is -2.05. The van der Waals surface area contributed by atoms with Crippen molar-refractivity contribution in [1.82, 2.24) is 0 Å². The van der Waals surface area contributed by atoms with Gasteiger partial charge < -0.3 is 5.32 Å². The third-order valence-corrected chi connectivity index (χ3v) is 3.02. The normalized spacial score (nSPS) is 11.2. The number of benzene rings is 2. The Morgan fingerprint density at radius 1 is 1.05 bits per heavy atom. The highest BCUT2D eigenvalue weighted by Crippen LogP contribution is 2.17. The minimum Gasteiger partial charge on any atom is -0.319 e. The van der Waals surface area contributed by atoms with Crippen molar-refractivity contribution in [1.29, 1.82) is 0 Å². The predicted molar refractivity (Wildman–Crippen MR) is 78.4 cm³/mol. The summed E-state index contributed by atoms with van der Waals surface area (Å²) in [6.07, 6.45) is 1.68. The highest BCUT2D eigenvalue weighted by Gasteiger charge is 2.09. The lowest BCUT2D eigenvalue weighted by molar-refractivity contribution is -0.112. The van der Waals surface area contributed by atoms with Crippen molar-refractivity contribution in [3.05, 3.63) is 70.5 Å². The van der Waals surface area contributed by atoms with Gasteiger partial charge in [-0.15, -0.1) is 0 Å². The molecule has 0 spiro atoms. The average molecular weight is 320 g/mol. The first-order valence-corrected chi connectivity index (χ1v) is 6.44. The van der Waals surface area contributed by atoms with E-state index in [1.54, 1.807) is 18.2 Å². The molecule has 4 heteroatoms. The average Bonchev–Trinajstić information content (AvgIpc) is 2.42. The van der Waals surface area contributed by atoms with Gasteiger partial charge in [-0.2, -0.15) is 0 Å². The Kier molecular flexibility index (Phi) is 4.47. The van der Waals surface area contributed by atoms with Gasteiger partial charge in [0.1, 0.15) is 5.82 Å². The van der Waals surface area contributed by atoms with Crippen LogP contribution < -0.4 is 5.32 Å². The van der Waals surface area contributed by atoms with E-state index >= 15 is 0 Å². The molecule has 0 aliphatic rings. The van der Waals surface area contributed by atoms with E-state index in [2.05, 4.69) is 21.2 Å². The molecule has 0 aliphatic heterocycles. The zero-order chi connectivity index (χ0) is 13.7. The molecule has 0 aliphatic carbocycles. The summed E-state index contributed by atoms with van der Waals surface area (Å²) in [5, 5.41) is 2.50. The van der Waals surface area contributed by atoms with Crippen LogP contribution in [0.2, 0.25) is 0 Å². The number of amides is 1. The number of para-hydroxylation sites is 1. The van der Waals surface area contributed by atoms with Crippen LogP contribution in [0.15, 0.2) is 59.1 Å². The second kappa shape index (κ2) is 6.29. The van der Waals surface area contributed by atoms with Crippen LogP contribution >= 0.6 is 15.9 Å². The van der Waals surface area contributed by atoms with Crippen LogP contribution in [0, 0.1) is 5.82 Å². The molecule has 0 bridgehead atoms. The van der Waals surface area contributed by atoms with Gasteiger partial charge in [-0.25, -0.2) is 4.39 Å². The van der Waals surface area contributed by atoms with E-state index in [0.717, 1.165) is 5.56 Å². The minimum absolute atomic E-state index is 0.158. The molecule has 0 fully saturated rings. The van der Waals surface area contributed by atoms with Crippen molar-refractivity contribution in [2.45, 2.75) is 0 Å². The summed E-state index contributed by atoms with van der Waals surface area (Å²) < 4.78 is 13.7. The first kappa shape index (κ1) is 13.5. The zero-order valence-electron chi connectivity index (χ0n) is 9.94. The van der Waals surface area contributed by atoms with Crippen molar-refractivity contribution in [2.24, 2.45) is 0 Å². The SMILES string of the molecule is O=C(Nc1ccccc1F)C(Br)=Cc1ccccc1. The molecule has 0 saturated heterocycles. The Labute approximate surface area is 119 Å². The number of rotatable bonds is 3. The lowest BCUT2D eigenvalue weighted by atomic mass is 10.2. The molecule has 2 rings (SSSR count). The molecule has 0 heterocycles. The van der Waals surface area contributed by atoms with Crippen LogP contribution in [0.1, 0.15) is 5.56 Å². The summed E-state index contributed by atoms with van der Waals surface area (Å²) in [6.45, 7) is 0. The molecule has 1 amide bonds. The summed E-state index contributed by atoms with van der Waals surface area (Å²) in [5.74, 6) is -0.857. The van der Waals surface area contributed by atoms with E-state index in [1.165, 1.54) is 12.1 Å². The van der Waals surface area contributed by atoms with Crippen LogP contribution in [0.4, 0.5) is 10.1 Å². The second-order valence-corrected chi connectivity index (χ2v) is 4.69. The summed E-state index contributed by atoms with van der Waals surface area (Å²) in [7, 11) is 0. The number of carbonyl (C=O) groups is 1. The maximum absolute atomic E-state index is 13.4. The molecular formula is C15H11BrFNO. The summed E-state index contributed by atoms with van der Waals surface area (Å²) in [6, 6.07) is 15.4. The van der Waals surface area contributed by atoms with Crippen molar-refractivity contribution in [3.63, 3.8) is 0 Å². The Morgan fingerprint density at radius 3 is 2.37 bits per heavy atom. The molecule has 1 N–H and O–H groups in total. The highest BCUT2D eigenvalue weighted by molar-refractivity contribution is 9.12. The number of hydrogen-bond acceptors (Lipinski definition) is 1. The lowest BCUT2D eigenvalue weighted by Crippen LogP contribution is -2.12. The summed E-state index contributed by atoms with van der Waals surface area (Å²) in [5.41, 5.74) is 1.05. The van der Waals surface area contributed by atoms with Crippen molar-refractivity contribution < 1.29 is 9.18 Å². The van der Waals surface area contributed by atoms with Gasteiger partial charge in [-0.1, -0.05) is 42.5 Å². The number of anilines is 1. The van der Waals surface area contributed by atoms with Gasteiger partial charge in [-0.3, -0.25) is 4.79 Å². The molecule has 0 unspecified atom stereocenters. The van der Waals surface area contributed by atoms with Crippen LogP contribution in [0.25, 0.3) is 6.08 Å². The van der Waals surface area contributed by atoms with Crippen LogP contribution in [0.5, 0.6) is 0 Å². The summed E-state index contributed by atoms with van der Waals surface area (Å²) in [4.78, 5) is 11.9. The monoisotopic (exact) mass is 319 g/mol. The number of carbonyl (C=O) groups excluding carboxylic acids is 1. The van der Waals surface area contributed by atoms with Gasteiger partial charge in [0.2, 0.25) is 0 Å². The van der Waals surface area contributed by atoms with Gasteiger partial charge in [0.15, 0.2) is 0 Å². The maximum atomic E-state index is 13.4.